The molecule has 0 saturated carbocycles. The highest BCUT2D eigenvalue weighted by molar-refractivity contribution is 6.31. The molecule has 5 rings (SSSR count). The van der Waals surface area contributed by atoms with Gasteiger partial charge in [0.15, 0.2) is 0 Å². The molecule has 0 bridgehead atoms. The normalized spacial score (nSPS) is 25.6. The van der Waals surface area contributed by atoms with Crippen LogP contribution < -0.4 is 20.4 Å². The molecule has 9 heteroatoms. The van der Waals surface area contributed by atoms with E-state index in [1.807, 2.05) is 48.6 Å². The number of likely N-dealkylation sites (N-methyl/N-ethyl adjacent to an activating group) is 1. The first kappa shape index (κ1) is 24.7. The van der Waals surface area contributed by atoms with Crippen molar-refractivity contribution in [2.24, 2.45) is 5.92 Å². The third-order valence-electron chi connectivity index (χ3n) is 7.37. The fraction of sp³-hybridized carbons (Fsp3) is 0.444. The number of anilines is 2. The molecule has 36 heavy (non-hydrogen) atoms. The lowest BCUT2D eigenvalue weighted by Crippen LogP contribution is -2.44. The largest absolute Gasteiger partial charge is 0.354 e. The summed E-state index contributed by atoms with van der Waals surface area (Å²) in [5, 5.41) is 6.91. The molecule has 2 saturated heterocycles. The first-order valence-electron chi connectivity index (χ1n) is 12.6. The van der Waals surface area contributed by atoms with E-state index in [0.29, 0.717) is 31.1 Å². The zero-order valence-corrected chi connectivity index (χ0v) is 21.2. The summed E-state index contributed by atoms with van der Waals surface area (Å²) < 4.78 is 0. The molecule has 3 atom stereocenters. The number of benzene rings is 1. The third kappa shape index (κ3) is 5.40. The van der Waals surface area contributed by atoms with Crippen molar-refractivity contribution in [2.75, 3.05) is 49.6 Å². The minimum Gasteiger partial charge on any atom is -0.354 e. The number of hydrogen-bond acceptors (Lipinski definition) is 5. The van der Waals surface area contributed by atoms with Crippen molar-refractivity contribution < 1.29 is 14.4 Å². The smallest absolute Gasteiger partial charge is 0.241 e. The van der Waals surface area contributed by atoms with Crippen LogP contribution in [-0.4, -0.2) is 74.5 Å². The molecular weight excluding hydrogens is 478 g/mol. The van der Waals surface area contributed by atoms with Gasteiger partial charge in [0.2, 0.25) is 17.7 Å². The van der Waals surface area contributed by atoms with E-state index in [0.717, 1.165) is 42.9 Å². The monoisotopic (exact) mass is 509 g/mol. The number of nitrogens with zero attached hydrogens (tertiary/aromatic N) is 3. The summed E-state index contributed by atoms with van der Waals surface area (Å²) in [6, 6.07) is 7.08. The first-order valence-corrected chi connectivity index (χ1v) is 13.0. The maximum absolute atomic E-state index is 12.7. The lowest BCUT2D eigenvalue weighted by Gasteiger charge is -2.23. The molecule has 3 unspecified atom stereocenters. The van der Waals surface area contributed by atoms with Crippen LogP contribution in [0.5, 0.6) is 0 Å². The van der Waals surface area contributed by atoms with E-state index in [9.17, 15) is 14.4 Å². The number of hydrogen-bond donors (Lipinski definition) is 2. The van der Waals surface area contributed by atoms with E-state index < -0.39 is 6.04 Å². The van der Waals surface area contributed by atoms with E-state index in [4.69, 9.17) is 11.6 Å². The van der Waals surface area contributed by atoms with Gasteiger partial charge in [-0.1, -0.05) is 23.8 Å². The highest BCUT2D eigenvalue weighted by Gasteiger charge is 2.33. The summed E-state index contributed by atoms with van der Waals surface area (Å²) in [6.07, 6.45) is 10.2. The lowest BCUT2D eigenvalue weighted by molar-refractivity contribution is -0.122. The Bertz CT molecular complexity index is 1120. The quantitative estimate of drug-likeness (QED) is 0.588. The summed E-state index contributed by atoms with van der Waals surface area (Å²) in [7, 11) is 1.79. The van der Waals surface area contributed by atoms with Crippen LogP contribution in [0.25, 0.3) is 0 Å². The van der Waals surface area contributed by atoms with Crippen LogP contribution >= 0.6 is 11.6 Å². The summed E-state index contributed by atoms with van der Waals surface area (Å²) in [5.41, 5.74) is 2.65. The molecule has 3 amide bonds. The lowest BCUT2D eigenvalue weighted by atomic mass is 10.0. The molecule has 1 aliphatic carbocycles. The zero-order valence-electron chi connectivity index (χ0n) is 20.5. The molecule has 2 fully saturated rings. The molecular formula is C27H32ClN5O3. The standard InChI is InChI=1S/C27H32ClN5O3/c1-31(26(35)17-32-10-2-3-11-32)21-6-8-22(9-7-21)33-16-18(12-25(33)34)15-29-27(36)24-13-19-4-5-20(28)14-23(19)30-24/h4-9,13-14,18,23-24,30H,2-3,10-12,15-17H2,1H3,(H,29,36). The van der Waals surface area contributed by atoms with Crippen LogP contribution in [0, 0.1) is 5.92 Å². The second-order valence-corrected chi connectivity index (χ2v) is 10.4. The van der Waals surface area contributed by atoms with Crippen LogP contribution in [0.2, 0.25) is 0 Å². The number of fused-ring (bicyclic) bond motifs is 1. The average Bonchev–Trinajstić information content (AvgIpc) is 3.62. The van der Waals surface area contributed by atoms with Gasteiger partial charge in [-0.15, -0.1) is 0 Å². The highest BCUT2D eigenvalue weighted by atomic mass is 35.5. The van der Waals surface area contributed by atoms with Crippen molar-refractivity contribution in [3.8, 4) is 0 Å². The topological polar surface area (TPSA) is 85.0 Å². The van der Waals surface area contributed by atoms with Gasteiger partial charge >= 0.3 is 0 Å². The third-order valence-corrected chi connectivity index (χ3v) is 7.62. The fourth-order valence-corrected chi connectivity index (χ4v) is 5.43. The van der Waals surface area contributed by atoms with Gasteiger partial charge in [-0.2, -0.15) is 0 Å². The Labute approximate surface area is 216 Å². The molecule has 190 valence electrons. The van der Waals surface area contributed by atoms with E-state index in [-0.39, 0.29) is 29.7 Å². The average molecular weight is 510 g/mol. The zero-order chi connectivity index (χ0) is 25.2. The maximum atomic E-state index is 12.7. The Balaban J connectivity index is 1.12. The molecule has 0 spiro atoms. The molecule has 3 aliphatic heterocycles. The molecule has 0 aromatic heterocycles. The van der Waals surface area contributed by atoms with E-state index >= 15 is 0 Å². The summed E-state index contributed by atoms with van der Waals surface area (Å²) in [4.78, 5) is 43.6. The molecule has 1 aromatic carbocycles. The van der Waals surface area contributed by atoms with Crippen LogP contribution in [0.3, 0.4) is 0 Å². The van der Waals surface area contributed by atoms with Gasteiger partial charge in [0.05, 0.1) is 12.6 Å². The number of allylic oxidation sites excluding steroid dienone is 2. The predicted octanol–water partition coefficient (Wildman–Crippen LogP) is 2.17. The fourth-order valence-electron chi connectivity index (χ4n) is 5.24. The predicted molar refractivity (Wildman–Crippen MR) is 141 cm³/mol. The second kappa shape index (κ2) is 10.6. The minimum atomic E-state index is -0.417. The molecule has 0 radical (unpaired) electrons. The van der Waals surface area contributed by atoms with Gasteiger partial charge in [-0.25, -0.2) is 0 Å². The van der Waals surface area contributed by atoms with Crippen LogP contribution in [0.1, 0.15) is 19.3 Å². The number of carbonyl (C=O) groups excluding carboxylic acids is 3. The second-order valence-electron chi connectivity index (χ2n) is 9.95. The SMILES string of the molecule is CN(C(=O)CN1CCCC1)c1ccc(N2CC(CNC(=O)C3C=C4C=CC(Cl)=CC4N3)CC2=O)cc1. The minimum absolute atomic E-state index is 0.0383. The Kier molecular flexibility index (Phi) is 7.27. The van der Waals surface area contributed by atoms with Crippen molar-refractivity contribution in [2.45, 2.75) is 31.3 Å². The Hall–Kier alpha value is -2.94. The number of carbonyl (C=O) groups is 3. The van der Waals surface area contributed by atoms with Crippen molar-refractivity contribution in [3.05, 3.63) is 59.2 Å². The molecule has 3 heterocycles. The van der Waals surface area contributed by atoms with Crippen molar-refractivity contribution >= 4 is 40.7 Å². The molecule has 1 aromatic rings. The van der Waals surface area contributed by atoms with Crippen LogP contribution in [-0.2, 0) is 14.4 Å². The van der Waals surface area contributed by atoms with Crippen molar-refractivity contribution in [1.29, 1.82) is 0 Å². The van der Waals surface area contributed by atoms with Gasteiger partial charge in [0.1, 0.15) is 6.04 Å². The molecule has 8 nitrogen and oxygen atoms in total. The van der Waals surface area contributed by atoms with E-state index in [1.165, 1.54) is 0 Å². The van der Waals surface area contributed by atoms with Crippen molar-refractivity contribution in [1.82, 2.24) is 15.5 Å². The highest BCUT2D eigenvalue weighted by Crippen LogP contribution is 2.28. The summed E-state index contributed by atoms with van der Waals surface area (Å²) >= 11 is 6.06. The summed E-state index contributed by atoms with van der Waals surface area (Å²) in [5.74, 6) is 0.0418. The van der Waals surface area contributed by atoms with Crippen LogP contribution in [0.15, 0.2) is 59.2 Å². The first-order chi connectivity index (χ1) is 17.4. The van der Waals surface area contributed by atoms with Gasteiger partial charge in [-0.05, 0) is 67.9 Å². The number of rotatable bonds is 7. The number of likely N-dealkylation sites (tertiary alicyclic amines) is 1. The number of amides is 3. The van der Waals surface area contributed by atoms with Crippen LogP contribution in [0.4, 0.5) is 11.4 Å². The maximum Gasteiger partial charge on any atom is 0.241 e. The van der Waals surface area contributed by atoms with Gasteiger partial charge in [-0.3, -0.25) is 24.6 Å². The Morgan fingerprint density at radius 1 is 1.14 bits per heavy atom. The molecule has 4 aliphatic rings. The van der Waals surface area contributed by atoms with Gasteiger partial charge in [0, 0.05) is 48.9 Å². The number of halogens is 1. The summed E-state index contributed by atoms with van der Waals surface area (Å²) in [6.45, 7) is 3.38. The number of nitrogens with one attached hydrogen (secondary N) is 2. The Morgan fingerprint density at radius 2 is 1.89 bits per heavy atom. The Morgan fingerprint density at radius 3 is 2.64 bits per heavy atom. The van der Waals surface area contributed by atoms with Crippen molar-refractivity contribution in [3.63, 3.8) is 0 Å². The van der Waals surface area contributed by atoms with Gasteiger partial charge < -0.3 is 15.1 Å². The van der Waals surface area contributed by atoms with E-state index in [1.54, 1.807) is 16.8 Å². The molecule has 2 N–H and O–H groups in total. The van der Waals surface area contributed by atoms with E-state index in [2.05, 4.69) is 15.5 Å². The van der Waals surface area contributed by atoms with Gasteiger partial charge in [0.25, 0.3) is 0 Å².